The number of thiophene rings is 1. The molecule has 0 aliphatic rings. The molecule has 176 valence electrons. The zero-order chi connectivity index (χ0) is 24.6. The van der Waals surface area contributed by atoms with Crippen molar-refractivity contribution in [1.82, 2.24) is 19.9 Å². The summed E-state index contributed by atoms with van der Waals surface area (Å²) in [6.07, 6.45) is 3.03. The molecule has 5 aromatic rings. The van der Waals surface area contributed by atoms with Crippen molar-refractivity contribution in [2.75, 3.05) is 10.0 Å². The maximum absolute atomic E-state index is 12.7. The van der Waals surface area contributed by atoms with Gasteiger partial charge in [0.15, 0.2) is 0 Å². The number of nitrogens with one attached hydrogen (secondary N) is 2. The standard InChI is InChI=1S/C25H22N6O2S2/c1-15-4-5-18(12-16(15)2)21-13-34-24-22(21)23(27-14-28-24)30-19-6-8-20(9-7-19)35(32,33)31-25-26-11-10-17(3)29-25/h4-14H,1-3H3,(H,26,29,31)(H,27,28,30). The molecule has 10 heteroatoms. The van der Waals surface area contributed by atoms with E-state index in [-0.39, 0.29) is 10.8 Å². The number of aryl methyl sites for hydroxylation is 3. The number of aromatic nitrogens is 4. The Balaban J connectivity index is 1.44. The van der Waals surface area contributed by atoms with Crippen LogP contribution in [0.25, 0.3) is 21.3 Å². The van der Waals surface area contributed by atoms with Crippen LogP contribution in [0.15, 0.2) is 71.3 Å². The Morgan fingerprint density at radius 2 is 1.69 bits per heavy atom. The van der Waals surface area contributed by atoms with Crippen LogP contribution in [0.2, 0.25) is 0 Å². The van der Waals surface area contributed by atoms with E-state index < -0.39 is 10.0 Å². The van der Waals surface area contributed by atoms with E-state index in [0.29, 0.717) is 17.2 Å². The van der Waals surface area contributed by atoms with Gasteiger partial charge in [0.05, 0.1) is 10.3 Å². The van der Waals surface area contributed by atoms with E-state index in [4.69, 9.17) is 0 Å². The first-order chi connectivity index (χ1) is 16.8. The molecule has 0 aliphatic carbocycles. The molecule has 3 heterocycles. The molecule has 0 aliphatic heterocycles. The van der Waals surface area contributed by atoms with Gasteiger partial charge in [-0.05, 0) is 67.8 Å². The normalized spacial score (nSPS) is 11.5. The van der Waals surface area contributed by atoms with E-state index in [1.54, 1.807) is 36.5 Å². The Labute approximate surface area is 207 Å². The molecule has 2 aromatic carbocycles. The molecule has 3 aromatic heterocycles. The Bertz CT molecular complexity index is 1650. The number of nitrogens with zero attached hydrogens (tertiary/aromatic N) is 4. The van der Waals surface area contributed by atoms with Crippen molar-refractivity contribution in [2.45, 2.75) is 25.7 Å². The van der Waals surface area contributed by atoms with Crippen LogP contribution in [0.3, 0.4) is 0 Å². The minimum Gasteiger partial charge on any atom is -0.340 e. The molecule has 5 rings (SSSR count). The predicted octanol–water partition coefficient (Wildman–Crippen LogP) is 5.62. The highest BCUT2D eigenvalue weighted by atomic mass is 32.2. The van der Waals surface area contributed by atoms with Gasteiger partial charge in [-0.15, -0.1) is 11.3 Å². The second kappa shape index (κ2) is 9.05. The number of sulfonamides is 1. The lowest BCUT2D eigenvalue weighted by molar-refractivity contribution is 0.601. The van der Waals surface area contributed by atoms with Crippen molar-refractivity contribution in [3.8, 4) is 11.1 Å². The average Bonchev–Trinajstić information content (AvgIpc) is 3.26. The maximum atomic E-state index is 12.7. The first-order valence-electron chi connectivity index (χ1n) is 10.8. The Morgan fingerprint density at radius 3 is 2.43 bits per heavy atom. The molecule has 2 N–H and O–H groups in total. The van der Waals surface area contributed by atoms with Crippen molar-refractivity contribution in [3.63, 3.8) is 0 Å². The molecule has 0 saturated heterocycles. The first-order valence-corrected chi connectivity index (χ1v) is 13.2. The van der Waals surface area contributed by atoms with E-state index >= 15 is 0 Å². The smallest absolute Gasteiger partial charge is 0.264 e. The van der Waals surface area contributed by atoms with Crippen LogP contribution in [-0.2, 0) is 10.0 Å². The van der Waals surface area contributed by atoms with Crippen molar-refractivity contribution in [2.24, 2.45) is 0 Å². The summed E-state index contributed by atoms with van der Waals surface area (Å²) in [5.41, 5.74) is 5.98. The fourth-order valence-corrected chi connectivity index (χ4v) is 5.49. The van der Waals surface area contributed by atoms with Gasteiger partial charge < -0.3 is 5.32 Å². The van der Waals surface area contributed by atoms with E-state index in [2.05, 4.69) is 67.4 Å². The molecular formula is C25H22N6O2S2. The van der Waals surface area contributed by atoms with E-state index in [1.165, 1.54) is 35.8 Å². The molecule has 0 fully saturated rings. The summed E-state index contributed by atoms with van der Waals surface area (Å²) in [6, 6.07) is 14.5. The van der Waals surface area contributed by atoms with Crippen LogP contribution >= 0.6 is 11.3 Å². The van der Waals surface area contributed by atoms with Gasteiger partial charge in [-0.1, -0.05) is 18.2 Å². The summed E-state index contributed by atoms with van der Waals surface area (Å²) in [4.78, 5) is 17.9. The highest BCUT2D eigenvalue weighted by molar-refractivity contribution is 7.92. The SMILES string of the molecule is Cc1ccnc(NS(=O)(=O)c2ccc(Nc3ncnc4scc(-c5ccc(C)c(C)c5)c34)cc2)n1. The van der Waals surface area contributed by atoms with E-state index in [0.717, 1.165) is 21.3 Å². The van der Waals surface area contributed by atoms with Crippen LogP contribution in [0.4, 0.5) is 17.5 Å². The van der Waals surface area contributed by atoms with Crippen molar-refractivity contribution in [1.29, 1.82) is 0 Å². The van der Waals surface area contributed by atoms with Gasteiger partial charge in [-0.25, -0.2) is 33.1 Å². The number of hydrogen-bond acceptors (Lipinski definition) is 8. The molecule has 0 radical (unpaired) electrons. The van der Waals surface area contributed by atoms with Gasteiger partial charge in [-0.3, -0.25) is 0 Å². The number of fused-ring (bicyclic) bond motifs is 1. The summed E-state index contributed by atoms with van der Waals surface area (Å²) < 4.78 is 27.9. The predicted molar refractivity (Wildman–Crippen MR) is 140 cm³/mol. The third-order valence-electron chi connectivity index (χ3n) is 5.64. The molecule has 0 bridgehead atoms. The minimum atomic E-state index is -3.82. The summed E-state index contributed by atoms with van der Waals surface area (Å²) in [7, 11) is -3.82. The first kappa shape index (κ1) is 22.9. The minimum absolute atomic E-state index is 0.0342. The third-order valence-corrected chi connectivity index (χ3v) is 7.87. The lowest BCUT2D eigenvalue weighted by Gasteiger charge is -2.11. The van der Waals surface area contributed by atoms with Crippen LogP contribution in [0.5, 0.6) is 0 Å². The topological polar surface area (TPSA) is 110 Å². The van der Waals surface area contributed by atoms with Crippen LogP contribution in [0.1, 0.15) is 16.8 Å². The second-order valence-electron chi connectivity index (χ2n) is 8.13. The summed E-state index contributed by atoms with van der Waals surface area (Å²) in [5.74, 6) is 0.693. The van der Waals surface area contributed by atoms with Crippen molar-refractivity contribution in [3.05, 3.63) is 83.3 Å². The molecule has 0 spiro atoms. The van der Waals surface area contributed by atoms with Crippen LogP contribution in [0, 0.1) is 20.8 Å². The van der Waals surface area contributed by atoms with Crippen LogP contribution < -0.4 is 10.0 Å². The molecule has 8 nitrogen and oxygen atoms in total. The summed E-state index contributed by atoms with van der Waals surface area (Å²) in [6.45, 7) is 5.95. The fourth-order valence-electron chi connectivity index (χ4n) is 3.62. The van der Waals surface area contributed by atoms with E-state index in [1.807, 2.05) is 0 Å². The van der Waals surface area contributed by atoms with Crippen molar-refractivity contribution < 1.29 is 8.42 Å². The second-order valence-corrected chi connectivity index (χ2v) is 10.7. The van der Waals surface area contributed by atoms with E-state index in [9.17, 15) is 8.42 Å². The maximum Gasteiger partial charge on any atom is 0.264 e. The number of benzene rings is 2. The van der Waals surface area contributed by atoms with Crippen molar-refractivity contribution >= 4 is 49.0 Å². The summed E-state index contributed by atoms with van der Waals surface area (Å²) in [5, 5.41) is 6.33. The van der Waals surface area contributed by atoms with Gasteiger partial charge in [-0.2, -0.15) is 0 Å². The Morgan fingerprint density at radius 1 is 0.886 bits per heavy atom. The molecule has 0 unspecified atom stereocenters. The molecule has 0 amide bonds. The third kappa shape index (κ3) is 4.71. The highest BCUT2D eigenvalue weighted by Gasteiger charge is 2.17. The van der Waals surface area contributed by atoms with Gasteiger partial charge in [0.1, 0.15) is 17.0 Å². The van der Waals surface area contributed by atoms with Gasteiger partial charge in [0, 0.05) is 28.5 Å². The molecular weight excluding hydrogens is 480 g/mol. The van der Waals surface area contributed by atoms with Gasteiger partial charge in [0.25, 0.3) is 10.0 Å². The number of hydrogen-bond donors (Lipinski definition) is 2. The average molecular weight is 503 g/mol. The molecule has 0 saturated carbocycles. The largest absolute Gasteiger partial charge is 0.340 e. The molecule has 35 heavy (non-hydrogen) atoms. The fraction of sp³-hybridized carbons (Fsp3) is 0.120. The molecule has 0 atom stereocenters. The van der Waals surface area contributed by atoms with Gasteiger partial charge >= 0.3 is 0 Å². The zero-order valence-electron chi connectivity index (χ0n) is 19.3. The zero-order valence-corrected chi connectivity index (χ0v) is 20.9. The number of rotatable bonds is 6. The number of anilines is 3. The lowest BCUT2D eigenvalue weighted by atomic mass is 10.0. The summed E-state index contributed by atoms with van der Waals surface area (Å²) >= 11 is 1.56. The van der Waals surface area contributed by atoms with Crippen LogP contribution in [-0.4, -0.2) is 28.4 Å². The quantitative estimate of drug-likeness (QED) is 0.310. The monoisotopic (exact) mass is 502 g/mol. The highest BCUT2D eigenvalue weighted by Crippen LogP contribution is 2.38. The Kier molecular flexibility index (Phi) is 5.91. The Hall–Kier alpha value is -3.89. The lowest BCUT2D eigenvalue weighted by Crippen LogP contribution is -2.15. The van der Waals surface area contributed by atoms with Gasteiger partial charge in [0.2, 0.25) is 5.95 Å².